The zero-order valence-electron chi connectivity index (χ0n) is 12.9. The van der Waals surface area contributed by atoms with E-state index < -0.39 is 22.0 Å². The maximum absolute atomic E-state index is 12.9. The Labute approximate surface area is 126 Å². The first-order valence-corrected chi connectivity index (χ1v) is 8.83. The average molecular weight is 319 g/mol. The normalized spacial score (nSPS) is 36.5. The van der Waals surface area contributed by atoms with Crippen LogP contribution in [-0.2, 0) is 19.7 Å². The quantitative estimate of drug-likeness (QED) is 0.788. The van der Waals surface area contributed by atoms with Crippen molar-refractivity contribution in [3.8, 4) is 0 Å². The number of morpholine rings is 1. The molecule has 0 radical (unpaired) electrons. The molecule has 0 aromatic heterocycles. The summed E-state index contributed by atoms with van der Waals surface area (Å²) in [6.07, 6.45) is 1.05. The van der Waals surface area contributed by atoms with Gasteiger partial charge in [0.1, 0.15) is 0 Å². The minimum atomic E-state index is -3.59. The van der Waals surface area contributed by atoms with Gasteiger partial charge >= 0.3 is 0 Å². The molecule has 0 bridgehead atoms. The number of ether oxygens (including phenoxy) is 1. The molecule has 0 aliphatic carbocycles. The van der Waals surface area contributed by atoms with Gasteiger partial charge in [-0.15, -0.1) is 0 Å². The van der Waals surface area contributed by atoms with Crippen molar-refractivity contribution in [3.05, 3.63) is 0 Å². The lowest BCUT2D eigenvalue weighted by molar-refractivity contribution is -0.123. The number of piperidine rings is 1. The van der Waals surface area contributed by atoms with Crippen molar-refractivity contribution in [1.29, 1.82) is 0 Å². The fourth-order valence-corrected chi connectivity index (χ4v) is 5.12. The molecule has 8 heteroatoms. The van der Waals surface area contributed by atoms with E-state index in [0.717, 1.165) is 0 Å². The molecule has 0 aromatic carbocycles. The third-order valence-corrected chi connectivity index (χ3v) is 6.29. The first kappa shape index (κ1) is 16.7. The molecule has 2 aliphatic rings. The summed E-state index contributed by atoms with van der Waals surface area (Å²) in [5, 5.41) is 0. The number of rotatable bonds is 3. The zero-order valence-corrected chi connectivity index (χ0v) is 13.7. The standard InChI is InChI=1S/C13H25N3O4S/c1-9-4-5-12(13(14)17)8-16(9)21(18,19)15-6-10(2)20-11(3)7-15/h9-12H,4-8H2,1-3H3,(H2,14,17)/t9-,10+,11+,12+/m0/s1. The number of amides is 1. The predicted octanol–water partition coefficient (Wildman–Crippen LogP) is -0.0738. The van der Waals surface area contributed by atoms with Gasteiger partial charge in [-0.25, -0.2) is 0 Å². The second-order valence-corrected chi connectivity index (χ2v) is 8.06. The Morgan fingerprint density at radius 2 is 1.67 bits per heavy atom. The molecule has 2 N–H and O–H groups in total. The van der Waals surface area contributed by atoms with Crippen LogP contribution < -0.4 is 5.73 Å². The second kappa shape index (κ2) is 6.20. The van der Waals surface area contributed by atoms with Gasteiger partial charge in [0, 0.05) is 25.7 Å². The fraction of sp³-hybridized carbons (Fsp3) is 0.923. The third kappa shape index (κ3) is 3.56. The molecule has 2 heterocycles. The van der Waals surface area contributed by atoms with Crippen molar-refractivity contribution in [2.45, 2.75) is 51.9 Å². The Kier molecular flexibility index (Phi) is 4.92. The number of nitrogens with zero attached hydrogens (tertiary/aromatic N) is 2. The van der Waals surface area contributed by atoms with E-state index in [9.17, 15) is 13.2 Å². The van der Waals surface area contributed by atoms with Crippen LogP contribution in [0.4, 0.5) is 0 Å². The van der Waals surface area contributed by atoms with Crippen LogP contribution in [0.25, 0.3) is 0 Å². The van der Waals surface area contributed by atoms with Gasteiger partial charge < -0.3 is 10.5 Å². The zero-order chi connectivity index (χ0) is 15.8. The van der Waals surface area contributed by atoms with E-state index >= 15 is 0 Å². The summed E-state index contributed by atoms with van der Waals surface area (Å²) in [4.78, 5) is 11.4. The summed E-state index contributed by atoms with van der Waals surface area (Å²) in [6, 6.07) is -0.112. The van der Waals surface area contributed by atoms with Gasteiger partial charge in [0.05, 0.1) is 18.1 Å². The summed E-state index contributed by atoms with van der Waals surface area (Å²) in [5.41, 5.74) is 5.35. The number of carbonyl (C=O) groups excluding carboxylic acids is 1. The lowest BCUT2D eigenvalue weighted by Crippen LogP contribution is -2.57. The lowest BCUT2D eigenvalue weighted by Gasteiger charge is -2.41. The number of nitrogens with two attached hydrogens (primary N) is 1. The van der Waals surface area contributed by atoms with Gasteiger partial charge in [0.25, 0.3) is 10.2 Å². The van der Waals surface area contributed by atoms with Crippen LogP contribution in [0.2, 0.25) is 0 Å². The highest BCUT2D eigenvalue weighted by molar-refractivity contribution is 7.86. The molecule has 2 fully saturated rings. The molecular formula is C13H25N3O4S. The summed E-state index contributed by atoms with van der Waals surface area (Å²) in [6.45, 7) is 6.48. The van der Waals surface area contributed by atoms with E-state index in [0.29, 0.717) is 25.9 Å². The molecule has 4 atom stereocenters. The van der Waals surface area contributed by atoms with Crippen LogP contribution in [0.15, 0.2) is 0 Å². The average Bonchev–Trinajstić information content (AvgIpc) is 2.37. The van der Waals surface area contributed by atoms with Gasteiger partial charge in [-0.05, 0) is 33.6 Å². The number of hydrogen-bond donors (Lipinski definition) is 1. The summed E-state index contributed by atoms with van der Waals surface area (Å²) in [7, 11) is -3.59. The maximum atomic E-state index is 12.9. The molecule has 21 heavy (non-hydrogen) atoms. The SMILES string of the molecule is C[C@@H]1CN(S(=O)(=O)N2C[C@H](C(N)=O)CC[C@@H]2C)C[C@@H](C)O1. The number of carbonyl (C=O) groups is 1. The molecule has 7 nitrogen and oxygen atoms in total. The van der Waals surface area contributed by atoms with Crippen molar-refractivity contribution in [3.63, 3.8) is 0 Å². The van der Waals surface area contributed by atoms with Crippen molar-refractivity contribution in [2.24, 2.45) is 11.7 Å². The lowest BCUT2D eigenvalue weighted by atomic mass is 9.95. The monoisotopic (exact) mass is 319 g/mol. The smallest absolute Gasteiger partial charge is 0.282 e. The molecule has 0 aromatic rings. The first-order chi connectivity index (χ1) is 9.71. The van der Waals surface area contributed by atoms with Crippen LogP contribution in [0.1, 0.15) is 33.6 Å². The highest BCUT2D eigenvalue weighted by Gasteiger charge is 2.41. The van der Waals surface area contributed by atoms with Crippen molar-refractivity contribution in [2.75, 3.05) is 19.6 Å². The van der Waals surface area contributed by atoms with E-state index in [2.05, 4.69) is 0 Å². The molecule has 0 unspecified atom stereocenters. The minimum absolute atomic E-state index is 0.112. The van der Waals surface area contributed by atoms with Crippen LogP contribution in [0.3, 0.4) is 0 Å². The molecule has 2 rings (SSSR count). The fourth-order valence-electron chi connectivity index (χ4n) is 3.10. The van der Waals surface area contributed by atoms with Crippen LogP contribution in [0, 0.1) is 5.92 Å². The molecule has 2 aliphatic heterocycles. The Balaban J connectivity index is 2.18. The van der Waals surface area contributed by atoms with Crippen molar-refractivity contribution < 1.29 is 17.9 Å². The predicted molar refractivity (Wildman–Crippen MR) is 78.6 cm³/mol. The molecule has 0 saturated carbocycles. The summed E-state index contributed by atoms with van der Waals surface area (Å²) in [5.74, 6) is -0.822. The van der Waals surface area contributed by atoms with Crippen LogP contribution in [-0.4, -0.2) is 60.8 Å². The molecule has 1 amide bonds. The highest BCUT2D eigenvalue weighted by Crippen LogP contribution is 2.27. The van der Waals surface area contributed by atoms with E-state index in [1.54, 1.807) is 0 Å². The van der Waals surface area contributed by atoms with E-state index in [4.69, 9.17) is 10.5 Å². The van der Waals surface area contributed by atoms with Gasteiger partial charge in [0.2, 0.25) is 5.91 Å². The van der Waals surface area contributed by atoms with Gasteiger partial charge in [-0.2, -0.15) is 17.0 Å². The number of primary amides is 1. The topological polar surface area (TPSA) is 92.9 Å². The third-order valence-electron chi connectivity index (χ3n) is 4.24. The number of hydrogen-bond acceptors (Lipinski definition) is 4. The van der Waals surface area contributed by atoms with E-state index in [1.807, 2.05) is 20.8 Å². The minimum Gasteiger partial charge on any atom is -0.373 e. The van der Waals surface area contributed by atoms with E-state index in [-0.39, 0.29) is 24.8 Å². The molecule has 0 spiro atoms. The van der Waals surface area contributed by atoms with Crippen LogP contribution >= 0.6 is 0 Å². The van der Waals surface area contributed by atoms with Crippen LogP contribution in [0.5, 0.6) is 0 Å². The second-order valence-electron chi connectivity index (χ2n) is 6.18. The first-order valence-electron chi connectivity index (χ1n) is 7.43. The summed E-state index contributed by atoms with van der Waals surface area (Å²) >= 11 is 0. The maximum Gasteiger partial charge on any atom is 0.282 e. The van der Waals surface area contributed by atoms with Gasteiger partial charge in [0.15, 0.2) is 0 Å². The largest absolute Gasteiger partial charge is 0.373 e. The van der Waals surface area contributed by atoms with Gasteiger partial charge in [-0.3, -0.25) is 4.79 Å². The Morgan fingerprint density at radius 1 is 1.10 bits per heavy atom. The molecule has 2 saturated heterocycles. The highest BCUT2D eigenvalue weighted by atomic mass is 32.2. The van der Waals surface area contributed by atoms with Crippen molar-refractivity contribution >= 4 is 16.1 Å². The van der Waals surface area contributed by atoms with Gasteiger partial charge in [-0.1, -0.05) is 0 Å². The Hall–Kier alpha value is -0.700. The van der Waals surface area contributed by atoms with Crippen molar-refractivity contribution in [1.82, 2.24) is 8.61 Å². The Bertz CT molecular complexity index is 486. The molecule has 122 valence electrons. The summed E-state index contributed by atoms with van der Waals surface area (Å²) < 4.78 is 34.2. The Morgan fingerprint density at radius 3 is 2.19 bits per heavy atom. The van der Waals surface area contributed by atoms with E-state index in [1.165, 1.54) is 8.61 Å². The molecular weight excluding hydrogens is 294 g/mol.